The predicted molar refractivity (Wildman–Crippen MR) is 109 cm³/mol. The van der Waals surface area contributed by atoms with Gasteiger partial charge in [-0.05, 0) is 41.7 Å². The van der Waals surface area contributed by atoms with Gasteiger partial charge in [0, 0.05) is 36.7 Å². The number of hydrogen-bond donors (Lipinski definition) is 1. The molecule has 1 aliphatic carbocycles. The molecule has 0 spiro atoms. The van der Waals surface area contributed by atoms with Crippen LogP contribution in [0.25, 0.3) is 5.57 Å². The van der Waals surface area contributed by atoms with E-state index in [9.17, 15) is 9.18 Å². The third kappa shape index (κ3) is 4.19. The monoisotopic (exact) mass is 382 g/mol. The molecule has 5 heteroatoms. The number of amides is 1. The quantitative estimate of drug-likeness (QED) is 0.775. The number of H-pyrrole nitrogens is 1. The van der Waals surface area contributed by atoms with Crippen LogP contribution >= 0.6 is 11.8 Å². The van der Waals surface area contributed by atoms with Crippen molar-refractivity contribution in [3.8, 4) is 0 Å². The number of halogens is 1. The molecule has 1 unspecified atom stereocenters. The Labute approximate surface area is 163 Å². The Bertz CT molecular complexity index is 871. The third-order valence-electron chi connectivity index (χ3n) is 5.18. The van der Waals surface area contributed by atoms with Crippen molar-refractivity contribution < 1.29 is 9.18 Å². The first kappa shape index (κ1) is 18.1. The van der Waals surface area contributed by atoms with E-state index >= 15 is 0 Å². The summed E-state index contributed by atoms with van der Waals surface area (Å²) in [6.07, 6.45) is 7.25. The fourth-order valence-corrected chi connectivity index (χ4v) is 4.86. The lowest BCUT2D eigenvalue weighted by Gasteiger charge is -2.19. The van der Waals surface area contributed by atoms with Gasteiger partial charge < -0.3 is 9.88 Å². The minimum absolute atomic E-state index is 0.0497. The molecule has 2 aromatic rings. The van der Waals surface area contributed by atoms with E-state index in [-0.39, 0.29) is 11.7 Å². The van der Waals surface area contributed by atoms with Crippen molar-refractivity contribution in [3.63, 3.8) is 0 Å². The number of aromatic amines is 1. The molecule has 2 aliphatic rings. The van der Waals surface area contributed by atoms with Gasteiger partial charge in [-0.1, -0.05) is 36.4 Å². The summed E-state index contributed by atoms with van der Waals surface area (Å²) < 4.78 is 13.2. The van der Waals surface area contributed by atoms with Crippen LogP contribution in [0, 0.1) is 0 Å². The molecule has 1 saturated heterocycles. The van der Waals surface area contributed by atoms with Gasteiger partial charge in [0.2, 0.25) is 0 Å². The highest BCUT2D eigenvalue weighted by Gasteiger charge is 2.24. The number of hydrogen-bond acceptors (Lipinski definition) is 2. The van der Waals surface area contributed by atoms with E-state index in [1.54, 1.807) is 0 Å². The number of carbonyl (C=O) groups excluding carboxylic acids is 1. The zero-order valence-electron chi connectivity index (χ0n) is 15.2. The van der Waals surface area contributed by atoms with Crippen LogP contribution in [-0.2, 0) is 0 Å². The molecular weight excluding hydrogens is 359 g/mol. The van der Waals surface area contributed by atoms with Gasteiger partial charge in [0.15, 0.2) is 0 Å². The highest BCUT2D eigenvalue weighted by atomic mass is 32.2. The Kier molecular flexibility index (Phi) is 5.48. The maximum Gasteiger partial charge on any atom is 0.270 e. The summed E-state index contributed by atoms with van der Waals surface area (Å²) >= 11 is 1.93. The highest BCUT2D eigenvalue weighted by molar-refractivity contribution is 7.99. The molecule has 2 heterocycles. The fraction of sp³-hybridized carbons (Fsp3) is 0.318. The lowest BCUT2D eigenvalue weighted by atomic mass is 9.99. The molecule has 1 aromatic heterocycles. The minimum atomic E-state index is -0.0828. The number of thioether (sulfide) groups is 1. The first-order valence-electron chi connectivity index (χ1n) is 9.40. The Balaban J connectivity index is 1.43. The number of nitrogens with zero attached hydrogens (tertiary/aromatic N) is 1. The van der Waals surface area contributed by atoms with Crippen molar-refractivity contribution in [3.05, 3.63) is 77.4 Å². The second-order valence-corrected chi connectivity index (χ2v) is 8.27. The van der Waals surface area contributed by atoms with Crippen LogP contribution in [0.15, 0.2) is 60.6 Å². The Hall–Kier alpha value is -2.27. The molecule has 1 fully saturated rings. The van der Waals surface area contributed by atoms with Gasteiger partial charge >= 0.3 is 0 Å². The largest absolute Gasteiger partial charge is 0.357 e. The molecule has 1 aromatic carbocycles. The molecule has 3 nitrogen and oxygen atoms in total. The average molecular weight is 383 g/mol. The normalized spacial score (nSPS) is 20.6. The van der Waals surface area contributed by atoms with Gasteiger partial charge in [0.1, 0.15) is 11.5 Å². The van der Waals surface area contributed by atoms with Crippen LogP contribution in [0.4, 0.5) is 4.39 Å². The van der Waals surface area contributed by atoms with Gasteiger partial charge in [-0.15, -0.1) is 0 Å². The van der Waals surface area contributed by atoms with Crippen molar-refractivity contribution in [1.82, 2.24) is 9.88 Å². The summed E-state index contributed by atoms with van der Waals surface area (Å²) in [6.45, 7) is 1.52. The van der Waals surface area contributed by atoms with Crippen molar-refractivity contribution in [2.24, 2.45) is 0 Å². The molecule has 1 atom stereocenters. The second kappa shape index (κ2) is 8.17. The van der Waals surface area contributed by atoms with Crippen LogP contribution in [-0.4, -0.2) is 34.6 Å². The van der Waals surface area contributed by atoms with Crippen LogP contribution < -0.4 is 0 Å². The molecular formula is C22H23FN2OS. The third-order valence-corrected chi connectivity index (χ3v) is 6.51. The highest BCUT2D eigenvalue weighted by Crippen LogP contribution is 2.34. The number of carbonyl (C=O) groups is 1. The minimum Gasteiger partial charge on any atom is -0.357 e. The molecule has 4 rings (SSSR count). The molecule has 0 saturated carbocycles. The Morgan fingerprint density at radius 3 is 2.78 bits per heavy atom. The summed E-state index contributed by atoms with van der Waals surface area (Å²) in [7, 11) is 0. The standard InChI is InChI=1S/C22H23FN2OS/c23-19-8-6-16(7-9-19)18-14-20(24-15-18)22(26)25-11-10-21(27-13-12-25)17-4-2-1-3-5-17/h1-6,8,14-15,21,24H,7,9-13H2. The van der Waals surface area contributed by atoms with E-state index in [4.69, 9.17) is 0 Å². The molecule has 1 aliphatic heterocycles. The zero-order chi connectivity index (χ0) is 18.6. The number of benzene rings is 1. The molecule has 27 heavy (non-hydrogen) atoms. The van der Waals surface area contributed by atoms with E-state index in [0.29, 0.717) is 23.8 Å². The molecule has 0 bridgehead atoms. The summed E-state index contributed by atoms with van der Waals surface area (Å²) in [4.78, 5) is 18.0. The molecule has 140 valence electrons. The van der Waals surface area contributed by atoms with Crippen molar-refractivity contribution in [2.45, 2.75) is 24.5 Å². The number of allylic oxidation sites excluding steroid dienone is 4. The molecule has 1 N–H and O–H groups in total. The maximum atomic E-state index is 13.2. The summed E-state index contributed by atoms with van der Waals surface area (Å²) in [5.74, 6) is 0.906. The van der Waals surface area contributed by atoms with Crippen molar-refractivity contribution >= 4 is 23.2 Å². The lowest BCUT2D eigenvalue weighted by molar-refractivity contribution is 0.0761. The van der Waals surface area contributed by atoms with Crippen molar-refractivity contribution in [2.75, 3.05) is 18.8 Å². The van der Waals surface area contributed by atoms with Gasteiger partial charge in [0.25, 0.3) is 5.91 Å². The van der Waals surface area contributed by atoms with Crippen LogP contribution in [0.2, 0.25) is 0 Å². The van der Waals surface area contributed by atoms with Gasteiger partial charge in [-0.25, -0.2) is 4.39 Å². The lowest BCUT2D eigenvalue weighted by Crippen LogP contribution is -2.33. The first-order chi connectivity index (χ1) is 13.2. The van der Waals surface area contributed by atoms with Crippen LogP contribution in [0.1, 0.15) is 46.1 Å². The number of rotatable bonds is 3. The van der Waals surface area contributed by atoms with E-state index in [1.165, 1.54) is 11.6 Å². The molecule has 0 radical (unpaired) electrons. The molecule has 1 amide bonds. The number of aromatic nitrogens is 1. The van der Waals surface area contributed by atoms with Gasteiger partial charge in [-0.3, -0.25) is 4.79 Å². The Morgan fingerprint density at radius 1 is 1.15 bits per heavy atom. The average Bonchev–Trinajstić information content (AvgIpc) is 3.06. The van der Waals surface area contributed by atoms with Gasteiger partial charge in [0.05, 0.1) is 0 Å². The number of nitrogens with one attached hydrogen (secondary N) is 1. The topological polar surface area (TPSA) is 36.1 Å². The zero-order valence-corrected chi connectivity index (χ0v) is 16.0. The van der Waals surface area contributed by atoms with E-state index in [2.05, 4.69) is 29.2 Å². The SMILES string of the molecule is O=C(c1cc(C2=CC=C(F)CC2)c[nH]1)N1CCSC(c2ccccc2)CC1. The Morgan fingerprint density at radius 2 is 2.00 bits per heavy atom. The van der Waals surface area contributed by atoms with Crippen LogP contribution in [0.5, 0.6) is 0 Å². The maximum absolute atomic E-state index is 13.2. The summed E-state index contributed by atoms with van der Waals surface area (Å²) in [5, 5.41) is 0.442. The smallest absolute Gasteiger partial charge is 0.270 e. The van der Waals surface area contributed by atoms with E-state index < -0.39 is 0 Å². The predicted octanol–water partition coefficient (Wildman–Crippen LogP) is 5.37. The summed E-state index contributed by atoms with van der Waals surface area (Å²) in [5.41, 5.74) is 4.00. The second-order valence-electron chi connectivity index (χ2n) is 6.96. The fourth-order valence-electron chi connectivity index (χ4n) is 3.63. The van der Waals surface area contributed by atoms with Crippen molar-refractivity contribution in [1.29, 1.82) is 0 Å². The first-order valence-corrected chi connectivity index (χ1v) is 10.5. The van der Waals surface area contributed by atoms with Gasteiger partial charge in [-0.2, -0.15) is 11.8 Å². The van der Waals surface area contributed by atoms with Crippen LogP contribution in [0.3, 0.4) is 0 Å². The van der Waals surface area contributed by atoms with E-state index in [1.807, 2.05) is 41.1 Å². The van der Waals surface area contributed by atoms with E-state index in [0.717, 1.165) is 36.4 Å². The summed E-state index contributed by atoms with van der Waals surface area (Å²) in [6, 6.07) is 12.4.